The first-order chi connectivity index (χ1) is 7.04. The first-order valence-electron chi connectivity index (χ1n) is 4.01. The van der Waals surface area contributed by atoms with Crippen molar-refractivity contribution in [3.63, 3.8) is 0 Å². The molecule has 2 N–H and O–H groups in total. The number of rotatable bonds is 3. The van der Waals surface area contributed by atoms with Crippen LogP contribution in [0.25, 0.3) is 0 Å². The van der Waals surface area contributed by atoms with Crippen LogP contribution in [0.4, 0.5) is 5.69 Å². The molecule has 0 aromatic heterocycles. The fourth-order valence-electron chi connectivity index (χ4n) is 0.951. The minimum atomic E-state index is -0.360. The zero-order valence-electron chi connectivity index (χ0n) is 7.88. The zero-order valence-corrected chi connectivity index (χ0v) is 9.39. The highest BCUT2D eigenvalue weighted by Gasteiger charge is 2.09. The maximum atomic E-state index is 11.2. The summed E-state index contributed by atoms with van der Waals surface area (Å²) in [6.07, 6.45) is 0. The molecule has 0 heterocycles. The van der Waals surface area contributed by atoms with E-state index in [0.717, 1.165) is 0 Å². The molecule has 0 saturated heterocycles. The van der Waals surface area contributed by atoms with Gasteiger partial charge in [0.2, 0.25) is 5.91 Å². The maximum Gasteiger partial charge on any atom is 0.250 e. The summed E-state index contributed by atoms with van der Waals surface area (Å²) in [5.41, 5.74) is 0.292. The molecule has 0 radical (unpaired) electrons. The fraction of sp³-hybridized carbons (Fsp3) is 0.222. The zero-order chi connectivity index (χ0) is 11.4. The van der Waals surface area contributed by atoms with Gasteiger partial charge in [0.15, 0.2) is 0 Å². The van der Waals surface area contributed by atoms with E-state index < -0.39 is 0 Å². The van der Waals surface area contributed by atoms with E-state index in [1.165, 1.54) is 19.2 Å². The molecule has 1 aromatic rings. The standard InChI is InChI=1S/C9H9Cl2NO3/c1-15-4-9(14)12-7-3-8(13)6(11)2-5(7)10/h2-3,13H,4H2,1H3,(H,12,14). The van der Waals surface area contributed by atoms with Crippen molar-refractivity contribution < 1.29 is 14.6 Å². The van der Waals surface area contributed by atoms with Crippen LogP contribution in [0.15, 0.2) is 12.1 Å². The number of hydrogen-bond donors (Lipinski definition) is 2. The number of ether oxygens (including phenoxy) is 1. The summed E-state index contributed by atoms with van der Waals surface area (Å²) in [5, 5.41) is 12.1. The predicted octanol–water partition coefficient (Wildman–Crippen LogP) is 2.28. The Balaban J connectivity index is 2.86. The van der Waals surface area contributed by atoms with Crippen molar-refractivity contribution in [3.05, 3.63) is 22.2 Å². The first kappa shape index (κ1) is 12.1. The second kappa shape index (κ2) is 5.21. The number of carbonyl (C=O) groups excluding carboxylic acids is 1. The third-order valence-corrected chi connectivity index (χ3v) is 2.20. The van der Waals surface area contributed by atoms with Gasteiger partial charge in [-0.25, -0.2) is 0 Å². The molecule has 82 valence electrons. The van der Waals surface area contributed by atoms with Gasteiger partial charge >= 0.3 is 0 Å². The van der Waals surface area contributed by atoms with Crippen LogP contribution in [0.2, 0.25) is 10.0 Å². The summed E-state index contributed by atoms with van der Waals surface area (Å²) >= 11 is 11.4. The van der Waals surface area contributed by atoms with E-state index >= 15 is 0 Å². The number of hydrogen-bond acceptors (Lipinski definition) is 3. The number of phenols is 1. The Bertz CT molecular complexity index is 382. The van der Waals surface area contributed by atoms with Crippen molar-refractivity contribution in [2.45, 2.75) is 0 Å². The van der Waals surface area contributed by atoms with Gasteiger partial charge in [-0.3, -0.25) is 4.79 Å². The molecule has 1 aromatic carbocycles. The number of nitrogens with one attached hydrogen (secondary N) is 1. The smallest absolute Gasteiger partial charge is 0.250 e. The normalized spacial score (nSPS) is 10.1. The summed E-state index contributed by atoms with van der Waals surface area (Å²) in [7, 11) is 1.40. The summed E-state index contributed by atoms with van der Waals surface area (Å²) in [5.74, 6) is -0.505. The third-order valence-electron chi connectivity index (χ3n) is 1.59. The van der Waals surface area contributed by atoms with Crippen molar-refractivity contribution >= 4 is 34.8 Å². The van der Waals surface area contributed by atoms with Crippen LogP contribution in [0.1, 0.15) is 0 Å². The van der Waals surface area contributed by atoms with Crippen molar-refractivity contribution in [1.82, 2.24) is 0 Å². The molecule has 0 aliphatic heterocycles. The Labute approximate surface area is 96.8 Å². The lowest BCUT2D eigenvalue weighted by Crippen LogP contribution is -2.17. The highest BCUT2D eigenvalue weighted by atomic mass is 35.5. The van der Waals surface area contributed by atoms with E-state index in [1.807, 2.05) is 0 Å². The number of phenolic OH excluding ortho intramolecular Hbond substituents is 1. The molecule has 0 aliphatic rings. The number of benzene rings is 1. The Kier molecular flexibility index (Phi) is 4.20. The molecular formula is C9H9Cl2NO3. The van der Waals surface area contributed by atoms with Crippen LogP contribution >= 0.6 is 23.2 Å². The number of amides is 1. The highest BCUT2D eigenvalue weighted by Crippen LogP contribution is 2.33. The SMILES string of the molecule is COCC(=O)Nc1cc(O)c(Cl)cc1Cl. The molecule has 0 spiro atoms. The van der Waals surface area contributed by atoms with Gasteiger partial charge < -0.3 is 15.2 Å². The lowest BCUT2D eigenvalue weighted by Gasteiger charge is -2.07. The Morgan fingerprint density at radius 1 is 1.47 bits per heavy atom. The molecule has 0 saturated carbocycles. The van der Waals surface area contributed by atoms with Gasteiger partial charge in [0.05, 0.1) is 15.7 Å². The number of carbonyl (C=O) groups is 1. The average Bonchev–Trinajstić information content (AvgIpc) is 2.14. The van der Waals surface area contributed by atoms with Crippen LogP contribution < -0.4 is 5.32 Å². The number of anilines is 1. The molecule has 0 aliphatic carbocycles. The van der Waals surface area contributed by atoms with Gasteiger partial charge in [-0.05, 0) is 6.07 Å². The number of aromatic hydroxyl groups is 1. The molecule has 15 heavy (non-hydrogen) atoms. The van der Waals surface area contributed by atoms with Gasteiger partial charge in [-0.2, -0.15) is 0 Å². The molecule has 4 nitrogen and oxygen atoms in total. The van der Waals surface area contributed by atoms with E-state index in [2.05, 4.69) is 10.1 Å². The minimum Gasteiger partial charge on any atom is -0.506 e. The van der Waals surface area contributed by atoms with E-state index in [-0.39, 0.29) is 28.3 Å². The van der Waals surface area contributed by atoms with Crippen molar-refractivity contribution in [2.75, 3.05) is 19.0 Å². The van der Waals surface area contributed by atoms with Crippen LogP contribution in [0, 0.1) is 0 Å². The molecule has 0 bridgehead atoms. The van der Waals surface area contributed by atoms with E-state index in [1.54, 1.807) is 0 Å². The van der Waals surface area contributed by atoms with Crippen LogP contribution in [0.3, 0.4) is 0 Å². The molecule has 6 heteroatoms. The number of halogens is 2. The maximum absolute atomic E-state index is 11.2. The molecule has 0 fully saturated rings. The third kappa shape index (κ3) is 3.27. The Morgan fingerprint density at radius 2 is 2.13 bits per heavy atom. The molecule has 1 amide bonds. The monoisotopic (exact) mass is 249 g/mol. The van der Waals surface area contributed by atoms with E-state index in [4.69, 9.17) is 23.2 Å². The molecule has 0 unspecified atom stereocenters. The van der Waals surface area contributed by atoms with Crippen LogP contribution in [-0.4, -0.2) is 24.7 Å². The van der Waals surface area contributed by atoms with Gasteiger partial charge in [0.25, 0.3) is 0 Å². The second-order valence-electron chi connectivity index (χ2n) is 2.76. The van der Waals surface area contributed by atoms with Crippen molar-refractivity contribution in [3.8, 4) is 5.75 Å². The summed E-state index contributed by atoms with van der Waals surface area (Å²) < 4.78 is 4.63. The molecule has 0 atom stereocenters. The summed E-state index contributed by atoms with van der Waals surface area (Å²) in [6, 6.07) is 2.62. The van der Waals surface area contributed by atoms with Crippen LogP contribution in [0.5, 0.6) is 5.75 Å². The fourth-order valence-corrected chi connectivity index (χ4v) is 1.38. The lowest BCUT2D eigenvalue weighted by molar-refractivity contribution is -0.119. The summed E-state index contributed by atoms with van der Waals surface area (Å²) in [6.45, 7) is -0.0836. The van der Waals surface area contributed by atoms with E-state index in [0.29, 0.717) is 5.69 Å². The summed E-state index contributed by atoms with van der Waals surface area (Å²) in [4.78, 5) is 11.2. The first-order valence-corrected chi connectivity index (χ1v) is 4.77. The number of methoxy groups -OCH3 is 1. The highest BCUT2D eigenvalue weighted by molar-refractivity contribution is 6.37. The quantitative estimate of drug-likeness (QED) is 0.865. The predicted molar refractivity (Wildman–Crippen MR) is 58.6 cm³/mol. The topological polar surface area (TPSA) is 58.6 Å². The Morgan fingerprint density at radius 3 is 2.73 bits per heavy atom. The minimum absolute atomic E-state index is 0.0836. The van der Waals surface area contributed by atoms with Gasteiger partial charge in [-0.1, -0.05) is 23.2 Å². The van der Waals surface area contributed by atoms with Crippen molar-refractivity contribution in [2.24, 2.45) is 0 Å². The van der Waals surface area contributed by atoms with Crippen molar-refractivity contribution in [1.29, 1.82) is 0 Å². The van der Waals surface area contributed by atoms with Crippen LogP contribution in [-0.2, 0) is 9.53 Å². The van der Waals surface area contributed by atoms with E-state index in [9.17, 15) is 9.90 Å². The molecular weight excluding hydrogens is 241 g/mol. The second-order valence-corrected chi connectivity index (χ2v) is 3.58. The van der Waals surface area contributed by atoms with Gasteiger partial charge in [0.1, 0.15) is 12.4 Å². The van der Waals surface area contributed by atoms with Gasteiger partial charge in [0, 0.05) is 13.2 Å². The average molecular weight is 250 g/mol. The lowest BCUT2D eigenvalue weighted by atomic mass is 10.3. The molecule has 1 rings (SSSR count). The largest absolute Gasteiger partial charge is 0.506 e. The Hall–Kier alpha value is -0.970. The van der Waals surface area contributed by atoms with Gasteiger partial charge in [-0.15, -0.1) is 0 Å².